The minimum absolute atomic E-state index is 0.0657. The van der Waals surface area contributed by atoms with Crippen molar-refractivity contribution in [2.45, 2.75) is 33.0 Å². The van der Waals surface area contributed by atoms with Crippen molar-refractivity contribution in [2.75, 3.05) is 7.11 Å². The van der Waals surface area contributed by atoms with Crippen molar-refractivity contribution in [2.24, 2.45) is 0 Å². The molecule has 0 saturated heterocycles. The molecule has 0 aliphatic rings. The summed E-state index contributed by atoms with van der Waals surface area (Å²) in [5.74, 6) is 1.53. The van der Waals surface area contributed by atoms with Crippen molar-refractivity contribution >= 4 is 0 Å². The number of aliphatic hydroxyl groups excluding tert-OH is 1. The molecule has 0 fully saturated rings. The molecule has 0 amide bonds. The fourth-order valence-corrected chi connectivity index (χ4v) is 2.32. The maximum atomic E-state index is 10.7. The first-order chi connectivity index (χ1) is 10.0. The minimum Gasteiger partial charge on any atom is -0.496 e. The fourth-order valence-electron chi connectivity index (χ4n) is 2.32. The molecule has 0 bridgehead atoms. The van der Waals surface area contributed by atoms with Gasteiger partial charge in [-0.2, -0.15) is 0 Å². The van der Waals surface area contributed by atoms with Crippen LogP contribution in [-0.2, 0) is 0 Å². The number of para-hydroxylation sites is 1. The first kappa shape index (κ1) is 15.4. The molecule has 3 heteroatoms. The molecule has 21 heavy (non-hydrogen) atoms. The zero-order valence-corrected chi connectivity index (χ0v) is 13.0. The van der Waals surface area contributed by atoms with Crippen LogP contribution in [0, 0.1) is 6.92 Å². The van der Waals surface area contributed by atoms with Crippen LogP contribution in [-0.4, -0.2) is 18.3 Å². The second-order valence-electron chi connectivity index (χ2n) is 5.34. The van der Waals surface area contributed by atoms with Gasteiger partial charge in [-0.3, -0.25) is 0 Å². The highest BCUT2D eigenvalue weighted by Gasteiger charge is 2.17. The number of methoxy groups -OCH3 is 1. The molecular weight excluding hydrogens is 264 g/mol. The van der Waals surface area contributed by atoms with Gasteiger partial charge in [0, 0.05) is 5.56 Å². The van der Waals surface area contributed by atoms with Gasteiger partial charge in [-0.05, 0) is 50.1 Å². The van der Waals surface area contributed by atoms with Crippen LogP contribution < -0.4 is 9.47 Å². The molecule has 0 aromatic heterocycles. The Morgan fingerprint density at radius 2 is 1.71 bits per heavy atom. The average Bonchev–Trinajstić information content (AvgIpc) is 2.46. The minimum atomic E-state index is -0.718. The molecule has 1 unspecified atom stereocenters. The van der Waals surface area contributed by atoms with Gasteiger partial charge in [0.1, 0.15) is 17.6 Å². The van der Waals surface area contributed by atoms with E-state index in [1.54, 1.807) is 7.11 Å². The van der Waals surface area contributed by atoms with Crippen LogP contribution >= 0.6 is 0 Å². The van der Waals surface area contributed by atoms with E-state index in [4.69, 9.17) is 9.47 Å². The van der Waals surface area contributed by atoms with E-state index in [0.29, 0.717) is 5.75 Å². The van der Waals surface area contributed by atoms with Crippen LogP contribution in [0.5, 0.6) is 11.5 Å². The highest BCUT2D eigenvalue weighted by Crippen LogP contribution is 2.32. The lowest BCUT2D eigenvalue weighted by Crippen LogP contribution is -2.10. The van der Waals surface area contributed by atoms with E-state index in [2.05, 4.69) is 0 Å². The van der Waals surface area contributed by atoms with E-state index in [-0.39, 0.29) is 6.10 Å². The molecule has 0 spiro atoms. The lowest BCUT2D eigenvalue weighted by atomic mass is 9.99. The summed E-state index contributed by atoms with van der Waals surface area (Å²) < 4.78 is 11.0. The molecule has 2 aromatic rings. The number of aliphatic hydroxyl groups is 1. The SMILES string of the molecule is COc1ccc(C(O)c2ccccc2OC(C)C)cc1C. The number of benzene rings is 2. The maximum Gasteiger partial charge on any atom is 0.125 e. The number of aryl methyl sites for hydroxylation is 1. The molecule has 1 N–H and O–H groups in total. The van der Waals surface area contributed by atoms with Crippen molar-refractivity contribution in [1.29, 1.82) is 0 Å². The van der Waals surface area contributed by atoms with Crippen molar-refractivity contribution < 1.29 is 14.6 Å². The van der Waals surface area contributed by atoms with E-state index >= 15 is 0 Å². The highest BCUT2D eigenvalue weighted by atomic mass is 16.5. The molecule has 0 radical (unpaired) electrons. The van der Waals surface area contributed by atoms with E-state index in [1.807, 2.05) is 63.2 Å². The number of hydrogen-bond acceptors (Lipinski definition) is 3. The molecule has 0 aliphatic heterocycles. The molecule has 1 atom stereocenters. The van der Waals surface area contributed by atoms with Crippen LogP contribution in [0.25, 0.3) is 0 Å². The van der Waals surface area contributed by atoms with Gasteiger partial charge < -0.3 is 14.6 Å². The quantitative estimate of drug-likeness (QED) is 0.906. The molecule has 2 aromatic carbocycles. The summed E-state index contributed by atoms with van der Waals surface area (Å²) in [5.41, 5.74) is 2.60. The monoisotopic (exact) mass is 286 g/mol. The summed E-state index contributed by atoms with van der Waals surface area (Å²) in [6, 6.07) is 13.3. The topological polar surface area (TPSA) is 38.7 Å². The van der Waals surface area contributed by atoms with Crippen molar-refractivity contribution in [3.05, 3.63) is 59.2 Å². The van der Waals surface area contributed by atoms with Gasteiger partial charge in [0.2, 0.25) is 0 Å². The van der Waals surface area contributed by atoms with E-state index in [1.165, 1.54) is 0 Å². The van der Waals surface area contributed by atoms with E-state index in [9.17, 15) is 5.11 Å². The third-order valence-corrected chi connectivity index (χ3v) is 3.31. The van der Waals surface area contributed by atoms with Crippen LogP contribution in [0.2, 0.25) is 0 Å². The third-order valence-electron chi connectivity index (χ3n) is 3.31. The molecule has 0 aliphatic carbocycles. The van der Waals surface area contributed by atoms with E-state index < -0.39 is 6.10 Å². The van der Waals surface area contributed by atoms with Gasteiger partial charge in [0.25, 0.3) is 0 Å². The van der Waals surface area contributed by atoms with Crippen molar-refractivity contribution in [3.8, 4) is 11.5 Å². The second kappa shape index (κ2) is 6.64. The van der Waals surface area contributed by atoms with Gasteiger partial charge in [-0.1, -0.05) is 24.3 Å². The molecule has 3 nitrogen and oxygen atoms in total. The largest absolute Gasteiger partial charge is 0.496 e. The lowest BCUT2D eigenvalue weighted by molar-refractivity contribution is 0.198. The molecule has 0 saturated carbocycles. The first-order valence-corrected chi connectivity index (χ1v) is 7.11. The number of rotatable bonds is 5. The lowest BCUT2D eigenvalue weighted by Gasteiger charge is -2.19. The van der Waals surface area contributed by atoms with Crippen molar-refractivity contribution in [1.82, 2.24) is 0 Å². The standard InChI is InChI=1S/C18H22O3/c1-12(2)21-17-8-6-5-7-15(17)18(19)14-9-10-16(20-4)13(3)11-14/h5-12,18-19H,1-4H3. The van der Waals surface area contributed by atoms with Crippen LogP contribution in [0.1, 0.15) is 36.6 Å². The maximum absolute atomic E-state index is 10.7. The number of ether oxygens (including phenoxy) is 2. The van der Waals surface area contributed by atoms with Crippen LogP contribution in [0.15, 0.2) is 42.5 Å². The smallest absolute Gasteiger partial charge is 0.125 e. The summed E-state index contributed by atoms with van der Waals surface area (Å²) in [6.07, 6.45) is -0.652. The highest BCUT2D eigenvalue weighted by molar-refractivity contribution is 5.44. The Hall–Kier alpha value is -2.00. The predicted molar refractivity (Wildman–Crippen MR) is 84.0 cm³/mol. The van der Waals surface area contributed by atoms with Gasteiger partial charge >= 0.3 is 0 Å². The summed E-state index contributed by atoms with van der Waals surface area (Å²) in [5, 5.41) is 10.7. The van der Waals surface area contributed by atoms with Gasteiger partial charge in [0.15, 0.2) is 0 Å². The molecule has 2 rings (SSSR count). The molecule has 112 valence electrons. The normalized spacial score (nSPS) is 12.3. The Kier molecular flexibility index (Phi) is 4.86. The zero-order valence-electron chi connectivity index (χ0n) is 13.0. The third kappa shape index (κ3) is 3.56. The van der Waals surface area contributed by atoms with Gasteiger partial charge in [-0.25, -0.2) is 0 Å². The zero-order chi connectivity index (χ0) is 15.4. The Morgan fingerprint density at radius 3 is 2.33 bits per heavy atom. The van der Waals surface area contributed by atoms with Gasteiger partial charge in [-0.15, -0.1) is 0 Å². The molecule has 0 heterocycles. The summed E-state index contributed by atoms with van der Waals surface area (Å²) in [6.45, 7) is 5.91. The Bertz CT molecular complexity index is 605. The van der Waals surface area contributed by atoms with Crippen molar-refractivity contribution in [3.63, 3.8) is 0 Å². The summed E-state index contributed by atoms with van der Waals surface area (Å²) in [4.78, 5) is 0. The summed E-state index contributed by atoms with van der Waals surface area (Å²) >= 11 is 0. The van der Waals surface area contributed by atoms with Gasteiger partial charge in [0.05, 0.1) is 13.2 Å². The van der Waals surface area contributed by atoms with Crippen LogP contribution in [0.3, 0.4) is 0 Å². The molecular formula is C18H22O3. The average molecular weight is 286 g/mol. The first-order valence-electron chi connectivity index (χ1n) is 7.11. The Labute approximate surface area is 126 Å². The Balaban J connectivity index is 2.35. The predicted octanol–water partition coefficient (Wildman–Crippen LogP) is 3.87. The van der Waals surface area contributed by atoms with Crippen LogP contribution in [0.4, 0.5) is 0 Å². The Morgan fingerprint density at radius 1 is 1.00 bits per heavy atom. The summed E-state index contributed by atoms with van der Waals surface area (Å²) in [7, 11) is 1.64. The fraction of sp³-hybridized carbons (Fsp3) is 0.333. The number of hydrogen-bond donors (Lipinski definition) is 1. The second-order valence-corrected chi connectivity index (χ2v) is 5.34. The van der Waals surface area contributed by atoms with E-state index in [0.717, 1.165) is 22.4 Å².